The van der Waals surface area contributed by atoms with Crippen LogP contribution in [0.25, 0.3) is 0 Å². The first-order valence-corrected chi connectivity index (χ1v) is 8.51. The molecule has 0 N–H and O–H groups in total. The van der Waals surface area contributed by atoms with E-state index in [-0.39, 0.29) is 41.4 Å². The highest BCUT2D eigenvalue weighted by Crippen LogP contribution is 2.56. The Morgan fingerprint density at radius 2 is 2.17 bits per heavy atom. The molecule has 1 saturated heterocycles. The number of carbonyl (C=O) groups excluding carboxylic acids is 2. The van der Waals surface area contributed by atoms with Gasteiger partial charge in [0.05, 0.1) is 5.92 Å². The molecule has 3 rings (SSSR count). The second kappa shape index (κ2) is 5.50. The molecular formula is C19H26O4. The molecular weight excluding hydrogens is 292 g/mol. The second-order valence-electron chi connectivity index (χ2n) is 7.84. The summed E-state index contributed by atoms with van der Waals surface area (Å²) in [5.41, 5.74) is 1.75. The highest BCUT2D eigenvalue weighted by molar-refractivity contribution is 5.90. The van der Waals surface area contributed by atoms with Crippen molar-refractivity contribution in [3.63, 3.8) is 0 Å². The van der Waals surface area contributed by atoms with E-state index in [0.29, 0.717) is 11.5 Å². The maximum absolute atomic E-state index is 12.1. The molecule has 2 aliphatic carbocycles. The Morgan fingerprint density at radius 3 is 2.83 bits per heavy atom. The predicted molar refractivity (Wildman–Crippen MR) is 86.4 cm³/mol. The third kappa shape index (κ3) is 2.52. The summed E-state index contributed by atoms with van der Waals surface area (Å²) >= 11 is 0. The number of allylic oxidation sites excluding steroid dienone is 1. The standard InChI is InChI=1S/C19H26O4/c1-10(2)17(20)23-16-7-6-11(3)14-8-13-12(4)18(21)22-15(13)9-19(14,16)5/h6,10,13-16H,4,7-9H2,1-3,5H3/t13-,14+,15-,16-,19-/m1/s1. The molecule has 4 nitrogen and oxygen atoms in total. The van der Waals surface area contributed by atoms with Crippen LogP contribution in [-0.2, 0) is 19.1 Å². The van der Waals surface area contributed by atoms with Gasteiger partial charge in [-0.3, -0.25) is 4.79 Å². The molecule has 0 bridgehead atoms. The van der Waals surface area contributed by atoms with Gasteiger partial charge in [-0.15, -0.1) is 0 Å². The number of carbonyl (C=O) groups is 2. The number of hydrogen-bond donors (Lipinski definition) is 0. The van der Waals surface area contributed by atoms with Gasteiger partial charge >= 0.3 is 11.9 Å². The summed E-state index contributed by atoms with van der Waals surface area (Å²) in [6, 6.07) is 0. The van der Waals surface area contributed by atoms with Gasteiger partial charge in [0.15, 0.2) is 0 Å². The van der Waals surface area contributed by atoms with Gasteiger partial charge in [0.1, 0.15) is 12.2 Å². The molecule has 1 heterocycles. The van der Waals surface area contributed by atoms with Crippen LogP contribution in [-0.4, -0.2) is 24.1 Å². The summed E-state index contributed by atoms with van der Waals surface area (Å²) in [7, 11) is 0. The van der Waals surface area contributed by atoms with Gasteiger partial charge in [0.25, 0.3) is 0 Å². The zero-order chi connectivity index (χ0) is 16.9. The van der Waals surface area contributed by atoms with Gasteiger partial charge < -0.3 is 9.47 Å². The van der Waals surface area contributed by atoms with Crippen molar-refractivity contribution in [1.82, 2.24) is 0 Å². The van der Waals surface area contributed by atoms with Gasteiger partial charge in [0, 0.05) is 23.3 Å². The first-order valence-electron chi connectivity index (χ1n) is 8.51. The Bertz CT molecular complexity index is 588. The van der Waals surface area contributed by atoms with Crippen molar-refractivity contribution < 1.29 is 19.1 Å². The minimum Gasteiger partial charge on any atom is -0.461 e. The molecule has 0 aromatic heterocycles. The predicted octanol–water partition coefficient (Wildman–Crippen LogP) is 3.42. The molecule has 3 aliphatic rings. The Kier molecular flexibility index (Phi) is 3.89. The van der Waals surface area contributed by atoms with Gasteiger partial charge in [-0.1, -0.05) is 39.0 Å². The van der Waals surface area contributed by atoms with Crippen LogP contribution in [0.5, 0.6) is 0 Å². The van der Waals surface area contributed by atoms with Crippen molar-refractivity contribution >= 4 is 11.9 Å². The second-order valence-corrected chi connectivity index (χ2v) is 7.84. The zero-order valence-electron chi connectivity index (χ0n) is 14.4. The van der Waals surface area contributed by atoms with Crippen LogP contribution in [0.2, 0.25) is 0 Å². The highest BCUT2D eigenvalue weighted by Gasteiger charge is 2.56. The third-order valence-corrected chi connectivity index (χ3v) is 6.01. The normalized spacial score (nSPS) is 39.4. The van der Waals surface area contributed by atoms with Gasteiger partial charge in [-0.2, -0.15) is 0 Å². The van der Waals surface area contributed by atoms with Crippen molar-refractivity contribution in [2.45, 2.75) is 59.2 Å². The lowest BCUT2D eigenvalue weighted by Crippen LogP contribution is -2.51. The van der Waals surface area contributed by atoms with Crippen molar-refractivity contribution in [3.8, 4) is 0 Å². The van der Waals surface area contributed by atoms with Crippen LogP contribution in [0.15, 0.2) is 23.8 Å². The average molecular weight is 318 g/mol. The van der Waals surface area contributed by atoms with Crippen LogP contribution < -0.4 is 0 Å². The first-order chi connectivity index (χ1) is 10.7. The molecule has 0 aromatic carbocycles. The molecule has 0 aromatic rings. The Balaban J connectivity index is 1.89. The lowest BCUT2D eigenvalue weighted by atomic mass is 9.55. The molecule has 4 heteroatoms. The van der Waals surface area contributed by atoms with Crippen molar-refractivity contribution in [2.24, 2.45) is 23.2 Å². The van der Waals surface area contributed by atoms with E-state index in [1.807, 2.05) is 13.8 Å². The Morgan fingerprint density at radius 1 is 1.48 bits per heavy atom. The van der Waals surface area contributed by atoms with Crippen LogP contribution in [0.1, 0.15) is 47.0 Å². The van der Waals surface area contributed by atoms with Crippen molar-refractivity contribution in [2.75, 3.05) is 0 Å². The quantitative estimate of drug-likeness (QED) is 0.445. The van der Waals surface area contributed by atoms with Crippen LogP contribution >= 0.6 is 0 Å². The number of fused-ring (bicyclic) bond motifs is 2. The van der Waals surface area contributed by atoms with Crippen molar-refractivity contribution in [3.05, 3.63) is 23.8 Å². The summed E-state index contributed by atoms with van der Waals surface area (Å²) in [6.45, 7) is 11.9. The molecule has 126 valence electrons. The van der Waals surface area contributed by atoms with E-state index in [4.69, 9.17) is 9.47 Å². The fourth-order valence-electron chi connectivity index (χ4n) is 4.47. The zero-order valence-corrected chi connectivity index (χ0v) is 14.4. The number of hydrogen-bond acceptors (Lipinski definition) is 4. The maximum atomic E-state index is 12.1. The molecule has 0 radical (unpaired) electrons. The molecule has 2 fully saturated rings. The van der Waals surface area contributed by atoms with Crippen molar-refractivity contribution in [1.29, 1.82) is 0 Å². The van der Waals surface area contributed by atoms with E-state index in [9.17, 15) is 9.59 Å². The fourth-order valence-corrected chi connectivity index (χ4v) is 4.47. The number of esters is 2. The highest BCUT2D eigenvalue weighted by atomic mass is 16.6. The Hall–Kier alpha value is -1.58. The lowest BCUT2D eigenvalue weighted by molar-refractivity contribution is -0.170. The van der Waals surface area contributed by atoms with E-state index < -0.39 is 0 Å². The SMILES string of the molecule is C=C1C(=O)O[C@@H]2C[C@@]3(C)[C@H](OC(=O)C(C)C)CC=C(C)[C@@H]3C[C@H]12. The maximum Gasteiger partial charge on any atom is 0.334 e. The lowest BCUT2D eigenvalue weighted by Gasteiger charge is -2.51. The first kappa shape index (κ1) is 16.3. The van der Waals surface area contributed by atoms with Crippen LogP contribution in [0.4, 0.5) is 0 Å². The van der Waals surface area contributed by atoms with E-state index >= 15 is 0 Å². The molecule has 1 saturated carbocycles. The molecule has 5 atom stereocenters. The average Bonchev–Trinajstić information content (AvgIpc) is 2.74. The van der Waals surface area contributed by atoms with Crippen LogP contribution in [0.3, 0.4) is 0 Å². The summed E-state index contributed by atoms with van der Waals surface area (Å²) in [4.78, 5) is 24.0. The number of ether oxygens (including phenoxy) is 2. The monoisotopic (exact) mass is 318 g/mol. The summed E-state index contributed by atoms with van der Waals surface area (Å²) in [6.07, 6.45) is 4.23. The number of rotatable bonds is 2. The Labute approximate surface area is 137 Å². The van der Waals surface area contributed by atoms with Gasteiger partial charge in [0.2, 0.25) is 0 Å². The molecule has 1 aliphatic heterocycles. The largest absolute Gasteiger partial charge is 0.461 e. The van der Waals surface area contributed by atoms with E-state index in [1.165, 1.54) is 5.57 Å². The summed E-state index contributed by atoms with van der Waals surface area (Å²) < 4.78 is 11.4. The van der Waals surface area contributed by atoms with Crippen LogP contribution in [0, 0.1) is 23.2 Å². The van der Waals surface area contributed by atoms with Gasteiger partial charge in [-0.05, 0) is 25.7 Å². The molecule has 0 amide bonds. The third-order valence-electron chi connectivity index (χ3n) is 6.01. The van der Waals surface area contributed by atoms with E-state index in [0.717, 1.165) is 19.3 Å². The van der Waals surface area contributed by atoms with Gasteiger partial charge in [-0.25, -0.2) is 4.79 Å². The minimum atomic E-state index is -0.264. The topological polar surface area (TPSA) is 52.6 Å². The molecule has 0 unspecified atom stereocenters. The molecule has 0 spiro atoms. The molecule has 23 heavy (non-hydrogen) atoms. The van der Waals surface area contributed by atoms with E-state index in [1.54, 1.807) is 0 Å². The summed E-state index contributed by atoms with van der Waals surface area (Å²) in [5.74, 6) is -0.154. The smallest absolute Gasteiger partial charge is 0.334 e. The fraction of sp³-hybridized carbons (Fsp3) is 0.684. The van der Waals surface area contributed by atoms with E-state index in [2.05, 4.69) is 26.5 Å². The summed E-state index contributed by atoms with van der Waals surface area (Å²) in [5, 5.41) is 0. The minimum absolute atomic E-state index is 0.100.